The molecule has 5 heteroatoms. The van der Waals surface area contributed by atoms with Gasteiger partial charge in [0.05, 0.1) is 12.7 Å². The van der Waals surface area contributed by atoms with Gasteiger partial charge >= 0.3 is 0 Å². The van der Waals surface area contributed by atoms with Crippen LogP contribution in [0.3, 0.4) is 0 Å². The number of rotatable bonds is 7. The van der Waals surface area contributed by atoms with Gasteiger partial charge in [-0.15, -0.1) is 0 Å². The van der Waals surface area contributed by atoms with E-state index in [1.807, 2.05) is 60.7 Å². The molecule has 2 aliphatic heterocycles. The Morgan fingerprint density at radius 3 is 2.50 bits per heavy atom. The summed E-state index contributed by atoms with van der Waals surface area (Å²) in [7, 11) is 0. The zero-order valence-electron chi connectivity index (χ0n) is 19.2. The second kappa shape index (κ2) is 10.1. The average Bonchev–Trinajstić information content (AvgIpc) is 3.27. The second-order valence-electron chi connectivity index (χ2n) is 9.11. The number of unbranched alkanes of at least 4 members (excludes halogenated alkanes) is 1. The minimum atomic E-state index is -0.118. The molecule has 0 spiro atoms. The van der Waals surface area contributed by atoms with E-state index < -0.39 is 0 Å². The number of hydrogen-bond acceptors (Lipinski definition) is 4. The van der Waals surface area contributed by atoms with Gasteiger partial charge in [0, 0.05) is 36.1 Å². The summed E-state index contributed by atoms with van der Waals surface area (Å²) in [5.74, 6) is 1.45. The van der Waals surface area contributed by atoms with Crippen molar-refractivity contribution in [3.8, 4) is 22.9 Å². The van der Waals surface area contributed by atoms with E-state index in [4.69, 9.17) is 4.74 Å². The van der Waals surface area contributed by atoms with Crippen molar-refractivity contribution in [3.63, 3.8) is 0 Å². The number of likely N-dealkylation sites (tertiary alicyclic amines) is 1. The molecule has 0 saturated carbocycles. The van der Waals surface area contributed by atoms with Crippen LogP contribution in [0.5, 0.6) is 5.75 Å². The summed E-state index contributed by atoms with van der Waals surface area (Å²) in [4.78, 5) is 14.8. The molecule has 172 valence electrons. The molecule has 5 nitrogen and oxygen atoms in total. The highest BCUT2D eigenvalue weighted by Gasteiger charge is 2.45. The molecular weight excluding hydrogens is 422 g/mol. The molecule has 1 unspecified atom stereocenters. The molecule has 34 heavy (non-hydrogen) atoms. The van der Waals surface area contributed by atoms with E-state index >= 15 is 0 Å². The fourth-order valence-corrected chi connectivity index (χ4v) is 5.26. The van der Waals surface area contributed by atoms with Crippen molar-refractivity contribution in [2.75, 3.05) is 26.2 Å². The SMILES string of the molecule is N#CC1[C@@H]2c3ccccc3OC[C@H]2CN1CCCCNC(=O)c1ccc(-c2ccccc2)cc1. The first-order valence-electron chi connectivity index (χ1n) is 12.0. The molecule has 2 aliphatic rings. The third kappa shape index (κ3) is 4.55. The zero-order valence-corrected chi connectivity index (χ0v) is 19.2. The normalized spacial score (nSPS) is 21.1. The predicted molar refractivity (Wildman–Crippen MR) is 133 cm³/mol. The maximum absolute atomic E-state index is 12.5. The molecule has 3 atom stereocenters. The van der Waals surface area contributed by atoms with Crippen molar-refractivity contribution in [2.24, 2.45) is 5.92 Å². The molecule has 1 saturated heterocycles. The molecule has 1 amide bonds. The molecule has 0 aliphatic carbocycles. The third-order valence-corrected chi connectivity index (χ3v) is 6.99. The Hall–Kier alpha value is -3.62. The lowest BCUT2D eigenvalue weighted by atomic mass is 9.83. The van der Waals surface area contributed by atoms with Crippen molar-refractivity contribution in [2.45, 2.75) is 24.8 Å². The fourth-order valence-electron chi connectivity index (χ4n) is 5.26. The molecule has 2 heterocycles. The Balaban J connectivity index is 1.09. The van der Waals surface area contributed by atoms with E-state index in [0.717, 1.165) is 42.8 Å². The van der Waals surface area contributed by atoms with Crippen LogP contribution in [-0.4, -0.2) is 43.1 Å². The number of nitrogens with one attached hydrogen (secondary N) is 1. The Morgan fingerprint density at radius 2 is 1.71 bits per heavy atom. The quantitative estimate of drug-likeness (QED) is 0.521. The number of hydrogen-bond donors (Lipinski definition) is 1. The van der Waals surface area contributed by atoms with E-state index in [1.165, 1.54) is 5.56 Å². The molecule has 0 bridgehead atoms. The highest BCUT2D eigenvalue weighted by Crippen LogP contribution is 2.45. The van der Waals surface area contributed by atoms with Crippen molar-refractivity contribution >= 4 is 5.91 Å². The lowest BCUT2D eigenvalue weighted by molar-refractivity contribution is 0.0952. The highest BCUT2D eigenvalue weighted by atomic mass is 16.5. The molecule has 3 aromatic rings. The summed E-state index contributed by atoms with van der Waals surface area (Å²) < 4.78 is 5.94. The Labute approximate surface area is 201 Å². The standard InChI is InChI=1S/C29H29N3O2/c30-18-26-28-24(20-34-27-11-5-4-10-25(27)28)19-32(26)17-7-6-16-31-29(33)23-14-12-22(13-15-23)21-8-2-1-3-9-21/h1-5,8-15,24,26,28H,6-7,16-17,19-20H2,(H,31,33)/t24-,26?,28+/m1/s1. The first kappa shape index (κ1) is 22.2. The highest BCUT2D eigenvalue weighted by molar-refractivity contribution is 5.94. The van der Waals surface area contributed by atoms with Crippen LogP contribution >= 0.6 is 0 Å². The third-order valence-electron chi connectivity index (χ3n) is 6.99. The van der Waals surface area contributed by atoms with E-state index in [9.17, 15) is 10.1 Å². The van der Waals surface area contributed by atoms with Gasteiger partial charge in [-0.1, -0.05) is 60.7 Å². The first-order valence-corrected chi connectivity index (χ1v) is 12.0. The van der Waals surface area contributed by atoms with Gasteiger partial charge in [0.1, 0.15) is 11.8 Å². The number of amides is 1. The van der Waals surface area contributed by atoms with Gasteiger partial charge in [0.25, 0.3) is 5.91 Å². The molecule has 0 aromatic heterocycles. The molecule has 1 fully saturated rings. The Bertz CT molecular complexity index is 1170. The molecule has 3 aromatic carbocycles. The largest absolute Gasteiger partial charge is 0.493 e. The predicted octanol–water partition coefficient (Wildman–Crippen LogP) is 4.86. The number of carbonyl (C=O) groups excluding carboxylic acids is 1. The summed E-state index contributed by atoms with van der Waals surface area (Å²) >= 11 is 0. The number of ether oxygens (including phenoxy) is 1. The molecular formula is C29H29N3O2. The number of nitrogens with zero attached hydrogens (tertiary/aromatic N) is 2. The van der Waals surface area contributed by atoms with Crippen LogP contribution < -0.4 is 10.1 Å². The summed E-state index contributed by atoms with van der Waals surface area (Å²) in [5, 5.41) is 12.9. The van der Waals surface area contributed by atoms with Crippen molar-refractivity contribution in [1.29, 1.82) is 5.26 Å². The van der Waals surface area contributed by atoms with Crippen molar-refractivity contribution < 1.29 is 9.53 Å². The molecule has 5 rings (SSSR count). The summed E-state index contributed by atoms with van der Waals surface area (Å²) in [5.41, 5.74) is 4.08. The first-order chi connectivity index (χ1) is 16.7. The van der Waals surface area contributed by atoms with Crippen LogP contribution in [0.1, 0.15) is 34.7 Å². The Morgan fingerprint density at radius 1 is 0.971 bits per heavy atom. The minimum Gasteiger partial charge on any atom is -0.493 e. The van der Waals surface area contributed by atoms with Crippen LogP contribution in [0, 0.1) is 17.2 Å². The van der Waals surface area contributed by atoms with Crippen LogP contribution in [0.4, 0.5) is 0 Å². The fraction of sp³-hybridized carbons (Fsp3) is 0.310. The number of para-hydroxylation sites is 1. The number of nitriles is 1. The summed E-state index contributed by atoms with van der Waals surface area (Å²) in [6.07, 6.45) is 1.82. The zero-order chi connectivity index (χ0) is 23.3. The van der Waals surface area contributed by atoms with Gasteiger partial charge in [-0.2, -0.15) is 5.26 Å². The maximum atomic E-state index is 12.5. The van der Waals surface area contributed by atoms with Gasteiger partial charge < -0.3 is 10.1 Å². The van der Waals surface area contributed by atoms with E-state index in [1.54, 1.807) is 0 Å². The van der Waals surface area contributed by atoms with Gasteiger partial charge in [-0.25, -0.2) is 0 Å². The lowest BCUT2D eigenvalue weighted by Gasteiger charge is -2.29. The maximum Gasteiger partial charge on any atom is 0.251 e. The summed E-state index contributed by atoms with van der Waals surface area (Å²) in [6, 6.07) is 28.4. The monoisotopic (exact) mass is 451 g/mol. The van der Waals surface area contributed by atoms with E-state index in [-0.39, 0.29) is 17.9 Å². The number of carbonyl (C=O) groups is 1. The number of fused-ring (bicyclic) bond motifs is 3. The van der Waals surface area contributed by atoms with E-state index in [0.29, 0.717) is 24.6 Å². The number of benzene rings is 3. The van der Waals surface area contributed by atoms with Crippen LogP contribution in [0.25, 0.3) is 11.1 Å². The smallest absolute Gasteiger partial charge is 0.251 e. The molecule has 1 N–H and O–H groups in total. The van der Waals surface area contributed by atoms with Crippen molar-refractivity contribution in [1.82, 2.24) is 10.2 Å². The van der Waals surface area contributed by atoms with Gasteiger partial charge in [-0.05, 0) is 48.7 Å². The minimum absolute atomic E-state index is 0.0459. The van der Waals surface area contributed by atoms with Crippen LogP contribution in [0.2, 0.25) is 0 Å². The van der Waals surface area contributed by atoms with Gasteiger partial charge in [-0.3, -0.25) is 9.69 Å². The molecule has 0 radical (unpaired) electrons. The van der Waals surface area contributed by atoms with E-state index in [2.05, 4.69) is 34.5 Å². The second-order valence-corrected chi connectivity index (χ2v) is 9.11. The lowest BCUT2D eigenvalue weighted by Crippen LogP contribution is -2.32. The van der Waals surface area contributed by atoms with Crippen LogP contribution in [0.15, 0.2) is 78.9 Å². The van der Waals surface area contributed by atoms with Crippen molar-refractivity contribution in [3.05, 3.63) is 90.0 Å². The topological polar surface area (TPSA) is 65.4 Å². The van der Waals surface area contributed by atoms with Gasteiger partial charge in [0.15, 0.2) is 0 Å². The Kier molecular flexibility index (Phi) is 6.60. The van der Waals surface area contributed by atoms with Gasteiger partial charge in [0.2, 0.25) is 0 Å². The van der Waals surface area contributed by atoms with Crippen LogP contribution in [-0.2, 0) is 0 Å². The summed E-state index contributed by atoms with van der Waals surface area (Å²) in [6.45, 7) is 3.05. The average molecular weight is 452 g/mol.